The van der Waals surface area contributed by atoms with E-state index in [0.29, 0.717) is 31.4 Å². The topological polar surface area (TPSA) is 76.1 Å². The van der Waals surface area contributed by atoms with Crippen molar-refractivity contribution in [2.75, 3.05) is 13.2 Å². The molecule has 2 aromatic rings. The summed E-state index contributed by atoms with van der Waals surface area (Å²) in [6, 6.07) is 9.55. The monoisotopic (exact) mass is 328 g/mol. The van der Waals surface area contributed by atoms with Gasteiger partial charge in [0.1, 0.15) is 18.2 Å². The van der Waals surface area contributed by atoms with Gasteiger partial charge in [0.25, 0.3) is 0 Å². The first kappa shape index (κ1) is 17.7. The summed E-state index contributed by atoms with van der Waals surface area (Å²) in [7, 11) is 0. The molecular formula is C18H24N4O2. The van der Waals surface area contributed by atoms with Crippen LogP contribution < -0.4 is 15.4 Å². The Morgan fingerprint density at radius 2 is 1.92 bits per heavy atom. The molecule has 0 radical (unpaired) electrons. The van der Waals surface area contributed by atoms with Gasteiger partial charge in [-0.05, 0) is 36.6 Å². The summed E-state index contributed by atoms with van der Waals surface area (Å²) in [4.78, 5) is 19.9. The first-order valence-corrected chi connectivity index (χ1v) is 8.07. The van der Waals surface area contributed by atoms with Gasteiger partial charge in [0.05, 0.1) is 18.8 Å². The van der Waals surface area contributed by atoms with Gasteiger partial charge in [0, 0.05) is 6.20 Å². The molecule has 2 rings (SSSR count). The van der Waals surface area contributed by atoms with Crippen molar-refractivity contribution in [3.05, 3.63) is 53.6 Å². The molecule has 1 heterocycles. The number of carbonyl (C=O) groups is 1. The highest BCUT2D eigenvalue weighted by molar-refractivity contribution is 5.73. The van der Waals surface area contributed by atoms with Crippen LogP contribution in [0, 0.1) is 6.92 Å². The SMILES string of the molecule is Cc1nccc(CNC(=O)NCCOc2ccc(C(C)C)cc2)n1. The van der Waals surface area contributed by atoms with Crippen LogP contribution >= 0.6 is 0 Å². The van der Waals surface area contributed by atoms with Crippen LogP contribution in [0.2, 0.25) is 0 Å². The molecule has 0 aliphatic rings. The van der Waals surface area contributed by atoms with E-state index in [2.05, 4.69) is 46.6 Å². The lowest BCUT2D eigenvalue weighted by atomic mass is 10.0. The van der Waals surface area contributed by atoms with Crippen LogP contribution in [0.3, 0.4) is 0 Å². The van der Waals surface area contributed by atoms with Gasteiger partial charge in [0.2, 0.25) is 0 Å². The molecule has 2 N–H and O–H groups in total. The predicted molar refractivity (Wildman–Crippen MR) is 93.0 cm³/mol. The van der Waals surface area contributed by atoms with Gasteiger partial charge in [-0.2, -0.15) is 0 Å². The number of hydrogen-bond donors (Lipinski definition) is 2. The smallest absolute Gasteiger partial charge is 0.315 e. The Bertz CT molecular complexity index is 656. The molecule has 6 nitrogen and oxygen atoms in total. The van der Waals surface area contributed by atoms with Crippen molar-refractivity contribution >= 4 is 6.03 Å². The average Bonchev–Trinajstić information content (AvgIpc) is 2.57. The highest BCUT2D eigenvalue weighted by Crippen LogP contribution is 2.18. The second kappa shape index (κ2) is 8.86. The van der Waals surface area contributed by atoms with Crippen LogP contribution in [0.25, 0.3) is 0 Å². The van der Waals surface area contributed by atoms with Crippen molar-refractivity contribution < 1.29 is 9.53 Å². The van der Waals surface area contributed by atoms with Crippen molar-refractivity contribution in [1.82, 2.24) is 20.6 Å². The van der Waals surface area contributed by atoms with E-state index < -0.39 is 0 Å². The minimum Gasteiger partial charge on any atom is -0.492 e. The zero-order chi connectivity index (χ0) is 17.4. The van der Waals surface area contributed by atoms with Gasteiger partial charge in [-0.25, -0.2) is 14.8 Å². The Morgan fingerprint density at radius 3 is 2.58 bits per heavy atom. The Kier molecular flexibility index (Phi) is 6.54. The number of nitrogens with one attached hydrogen (secondary N) is 2. The lowest BCUT2D eigenvalue weighted by Crippen LogP contribution is -2.37. The van der Waals surface area contributed by atoms with Crippen LogP contribution in [0.15, 0.2) is 36.5 Å². The number of rotatable bonds is 7. The van der Waals surface area contributed by atoms with Gasteiger partial charge in [-0.1, -0.05) is 26.0 Å². The molecule has 0 atom stereocenters. The average molecular weight is 328 g/mol. The minimum absolute atomic E-state index is 0.245. The van der Waals surface area contributed by atoms with Crippen LogP contribution in [-0.2, 0) is 6.54 Å². The zero-order valence-corrected chi connectivity index (χ0v) is 14.4. The van der Waals surface area contributed by atoms with E-state index in [4.69, 9.17) is 4.74 Å². The van der Waals surface area contributed by atoms with E-state index in [9.17, 15) is 4.79 Å². The van der Waals surface area contributed by atoms with E-state index in [1.54, 1.807) is 12.3 Å². The lowest BCUT2D eigenvalue weighted by molar-refractivity contribution is 0.236. The number of nitrogens with zero attached hydrogens (tertiary/aromatic N) is 2. The van der Waals surface area contributed by atoms with Gasteiger partial charge in [0.15, 0.2) is 0 Å². The molecule has 128 valence electrons. The normalized spacial score (nSPS) is 10.5. The molecule has 0 saturated carbocycles. The summed E-state index contributed by atoms with van der Waals surface area (Å²) < 4.78 is 5.61. The second-order valence-corrected chi connectivity index (χ2v) is 5.78. The first-order valence-electron chi connectivity index (χ1n) is 8.07. The number of aryl methyl sites for hydroxylation is 1. The fourth-order valence-corrected chi connectivity index (χ4v) is 2.12. The van der Waals surface area contributed by atoms with Gasteiger partial charge >= 0.3 is 6.03 Å². The van der Waals surface area contributed by atoms with Crippen molar-refractivity contribution in [3.63, 3.8) is 0 Å². The fourth-order valence-electron chi connectivity index (χ4n) is 2.12. The van der Waals surface area contributed by atoms with E-state index in [0.717, 1.165) is 11.4 Å². The molecule has 0 bridgehead atoms. The Labute approximate surface area is 142 Å². The third-order valence-corrected chi connectivity index (χ3v) is 3.47. The number of ether oxygens (including phenoxy) is 1. The van der Waals surface area contributed by atoms with Crippen LogP contribution in [0.4, 0.5) is 4.79 Å². The summed E-state index contributed by atoms with van der Waals surface area (Å²) in [5, 5.41) is 5.50. The molecule has 2 amide bonds. The Morgan fingerprint density at radius 1 is 1.17 bits per heavy atom. The van der Waals surface area contributed by atoms with Crippen molar-refractivity contribution in [2.24, 2.45) is 0 Å². The zero-order valence-electron chi connectivity index (χ0n) is 14.4. The number of aromatic nitrogens is 2. The molecule has 6 heteroatoms. The third kappa shape index (κ3) is 5.87. The molecule has 0 fully saturated rings. The van der Waals surface area contributed by atoms with E-state index in [1.807, 2.05) is 19.1 Å². The number of carbonyl (C=O) groups excluding carboxylic acids is 1. The molecule has 0 unspecified atom stereocenters. The highest BCUT2D eigenvalue weighted by atomic mass is 16.5. The van der Waals surface area contributed by atoms with Crippen LogP contribution in [-0.4, -0.2) is 29.2 Å². The van der Waals surface area contributed by atoms with Crippen LogP contribution in [0.1, 0.15) is 36.8 Å². The number of urea groups is 1. The molecule has 24 heavy (non-hydrogen) atoms. The Balaban J connectivity index is 1.64. The molecule has 0 aliphatic heterocycles. The van der Waals surface area contributed by atoms with E-state index >= 15 is 0 Å². The van der Waals surface area contributed by atoms with E-state index in [1.165, 1.54) is 5.56 Å². The predicted octanol–water partition coefficient (Wildman–Crippen LogP) is 2.79. The fraction of sp³-hybridized carbons (Fsp3) is 0.389. The maximum absolute atomic E-state index is 11.7. The van der Waals surface area contributed by atoms with Crippen molar-refractivity contribution in [1.29, 1.82) is 0 Å². The standard InChI is InChI=1S/C18H24N4O2/c1-13(2)15-4-6-17(7-5-15)24-11-10-20-18(23)21-12-16-8-9-19-14(3)22-16/h4-9,13H,10-12H2,1-3H3,(H2,20,21,23). The molecule has 0 saturated heterocycles. The summed E-state index contributed by atoms with van der Waals surface area (Å²) in [6.07, 6.45) is 1.68. The summed E-state index contributed by atoms with van der Waals surface area (Å²) >= 11 is 0. The minimum atomic E-state index is -0.245. The largest absolute Gasteiger partial charge is 0.492 e. The van der Waals surface area contributed by atoms with Crippen LogP contribution in [0.5, 0.6) is 5.75 Å². The van der Waals surface area contributed by atoms with E-state index in [-0.39, 0.29) is 6.03 Å². The molecule has 1 aromatic carbocycles. The Hall–Kier alpha value is -2.63. The van der Waals surface area contributed by atoms with Crippen molar-refractivity contribution in [3.8, 4) is 5.75 Å². The maximum atomic E-state index is 11.7. The lowest BCUT2D eigenvalue weighted by Gasteiger charge is -2.10. The van der Waals surface area contributed by atoms with Gasteiger partial charge < -0.3 is 15.4 Å². The summed E-state index contributed by atoms with van der Waals surface area (Å²) in [5.74, 6) is 1.99. The highest BCUT2D eigenvalue weighted by Gasteiger charge is 2.02. The summed E-state index contributed by atoms with van der Waals surface area (Å²) in [6.45, 7) is 7.34. The third-order valence-electron chi connectivity index (χ3n) is 3.47. The number of amides is 2. The summed E-state index contributed by atoms with van der Waals surface area (Å²) in [5.41, 5.74) is 2.05. The quantitative estimate of drug-likeness (QED) is 0.766. The van der Waals surface area contributed by atoms with Crippen molar-refractivity contribution in [2.45, 2.75) is 33.2 Å². The maximum Gasteiger partial charge on any atom is 0.315 e. The second-order valence-electron chi connectivity index (χ2n) is 5.78. The first-order chi connectivity index (χ1) is 11.5. The number of hydrogen-bond acceptors (Lipinski definition) is 4. The molecule has 1 aromatic heterocycles. The molecule has 0 aliphatic carbocycles. The van der Waals surface area contributed by atoms with Gasteiger partial charge in [-0.3, -0.25) is 0 Å². The van der Waals surface area contributed by atoms with Gasteiger partial charge in [-0.15, -0.1) is 0 Å². The number of benzene rings is 1. The molecule has 0 spiro atoms. The molecular weight excluding hydrogens is 304 g/mol.